The van der Waals surface area contributed by atoms with Crippen molar-refractivity contribution in [2.45, 2.75) is 12.8 Å². The number of rotatable bonds is 11. The van der Waals surface area contributed by atoms with Crippen LogP contribution in [0.25, 0.3) is 0 Å². The number of hydrogen-bond donors (Lipinski definition) is 4. The Kier molecular flexibility index (Phi) is 8.63. The van der Waals surface area contributed by atoms with Crippen LogP contribution in [0.2, 0.25) is 5.15 Å². The molecule has 0 radical (unpaired) electrons. The van der Waals surface area contributed by atoms with Crippen LogP contribution in [-0.4, -0.2) is 65.1 Å². The minimum atomic E-state index is -1.01. The highest BCUT2D eigenvalue weighted by Gasteiger charge is 2.15. The summed E-state index contributed by atoms with van der Waals surface area (Å²) in [5.41, 5.74) is 12.2. The molecule has 0 aliphatic rings. The van der Waals surface area contributed by atoms with Crippen LogP contribution < -0.4 is 21.5 Å². The Morgan fingerprint density at radius 1 is 1.17 bits per heavy atom. The molecule has 2 rings (SSSR count). The molecule has 0 aliphatic carbocycles. The van der Waals surface area contributed by atoms with E-state index in [-0.39, 0.29) is 29.1 Å². The summed E-state index contributed by atoms with van der Waals surface area (Å²) in [5.74, 6) is -1.02. The fourth-order valence-corrected chi connectivity index (χ4v) is 2.74. The first-order chi connectivity index (χ1) is 14.3. The normalized spacial score (nSPS) is 10.8. The first kappa shape index (κ1) is 23.2. The van der Waals surface area contributed by atoms with Gasteiger partial charge in [-0.25, -0.2) is 14.8 Å². The number of nitrogens with one attached hydrogen (secondary N) is 1. The van der Waals surface area contributed by atoms with Gasteiger partial charge in [0, 0.05) is 13.1 Å². The summed E-state index contributed by atoms with van der Waals surface area (Å²) in [5, 5.41) is 11.3. The second-order valence-corrected chi connectivity index (χ2v) is 6.98. The lowest BCUT2D eigenvalue weighted by Crippen LogP contribution is -2.34. The smallest absolute Gasteiger partial charge is 0.341 e. The number of hydrogen-bond acceptors (Lipinski definition) is 8. The zero-order valence-electron chi connectivity index (χ0n) is 16.6. The number of nitrogen functional groups attached to an aromatic ring is 2. The number of carbonyl (C=O) groups is 2. The molecule has 0 bridgehead atoms. The lowest BCUT2D eigenvalue weighted by atomic mass is 10.1. The fraction of sp³-hybridized carbons (Fsp3) is 0.368. The molecule has 0 unspecified atom stereocenters. The lowest BCUT2D eigenvalue weighted by molar-refractivity contribution is -0.139. The Morgan fingerprint density at radius 3 is 2.53 bits per heavy atom. The number of anilines is 2. The van der Waals surface area contributed by atoms with Crippen molar-refractivity contribution in [3.05, 3.63) is 40.7 Å². The number of nitrogens with two attached hydrogens (primary N) is 2. The van der Waals surface area contributed by atoms with Gasteiger partial charge in [-0.1, -0.05) is 23.7 Å². The van der Waals surface area contributed by atoms with E-state index in [1.54, 1.807) is 12.1 Å². The van der Waals surface area contributed by atoms with E-state index in [9.17, 15) is 9.59 Å². The van der Waals surface area contributed by atoms with Crippen LogP contribution in [0.1, 0.15) is 22.5 Å². The van der Waals surface area contributed by atoms with E-state index in [0.29, 0.717) is 18.8 Å². The second kappa shape index (κ2) is 11.2. The largest absolute Gasteiger partial charge is 0.482 e. The van der Waals surface area contributed by atoms with Crippen LogP contribution in [0.3, 0.4) is 0 Å². The van der Waals surface area contributed by atoms with Crippen molar-refractivity contribution >= 4 is 35.1 Å². The molecule has 1 aromatic carbocycles. The highest BCUT2D eigenvalue weighted by atomic mass is 35.5. The Labute approximate surface area is 179 Å². The maximum absolute atomic E-state index is 12.2. The monoisotopic (exact) mass is 436 g/mol. The average Bonchev–Trinajstić information content (AvgIpc) is 2.70. The van der Waals surface area contributed by atoms with Crippen molar-refractivity contribution in [3.8, 4) is 5.75 Å². The molecule has 0 atom stereocenters. The predicted molar refractivity (Wildman–Crippen MR) is 114 cm³/mol. The number of nitrogens with zero attached hydrogens (tertiary/aromatic N) is 3. The minimum Gasteiger partial charge on any atom is -0.482 e. The molecule has 6 N–H and O–H groups in total. The van der Waals surface area contributed by atoms with E-state index in [1.807, 2.05) is 19.2 Å². The van der Waals surface area contributed by atoms with E-state index in [2.05, 4.69) is 20.2 Å². The maximum Gasteiger partial charge on any atom is 0.341 e. The number of aliphatic carboxylic acids is 1. The molecule has 0 saturated carbocycles. The number of carboxylic acids is 1. The quantitative estimate of drug-likeness (QED) is 0.404. The van der Waals surface area contributed by atoms with Gasteiger partial charge in [-0.05, 0) is 44.1 Å². The van der Waals surface area contributed by atoms with Crippen LogP contribution in [0.15, 0.2) is 24.3 Å². The second-order valence-electron chi connectivity index (χ2n) is 6.62. The molecule has 0 spiro atoms. The molecule has 162 valence electrons. The molecule has 0 fully saturated rings. The molecule has 0 aliphatic heterocycles. The summed E-state index contributed by atoms with van der Waals surface area (Å²) in [7, 11) is 1.96. The highest BCUT2D eigenvalue weighted by molar-refractivity contribution is 6.31. The van der Waals surface area contributed by atoms with Gasteiger partial charge >= 0.3 is 5.97 Å². The number of carbonyl (C=O) groups excluding carboxylic acids is 1. The van der Waals surface area contributed by atoms with E-state index >= 15 is 0 Å². The molecule has 1 heterocycles. The third kappa shape index (κ3) is 7.37. The van der Waals surface area contributed by atoms with Crippen LogP contribution in [0.5, 0.6) is 5.75 Å². The molecule has 0 saturated heterocycles. The zero-order chi connectivity index (χ0) is 22.1. The Balaban J connectivity index is 1.68. The van der Waals surface area contributed by atoms with Gasteiger partial charge in [0.2, 0.25) is 0 Å². The van der Waals surface area contributed by atoms with E-state index in [0.717, 1.165) is 24.9 Å². The molecule has 11 heteroatoms. The summed E-state index contributed by atoms with van der Waals surface area (Å²) in [6.07, 6.45) is 1.79. The predicted octanol–water partition coefficient (Wildman–Crippen LogP) is 1.05. The number of benzene rings is 1. The van der Waals surface area contributed by atoms with E-state index in [4.69, 9.17) is 32.9 Å². The van der Waals surface area contributed by atoms with Crippen LogP contribution in [0.4, 0.5) is 11.6 Å². The summed E-state index contributed by atoms with van der Waals surface area (Å²) < 4.78 is 5.11. The topological polar surface area (TPSA) is 157 Å². The van der Waals surface area contributed by atoms with Gasteiger partial charge in [0.15, 0.2) is 29.1 Å². The molecule has 1 amide bonds. The van der Waals surface area contributed by atoms with Crippen molar-refractivity contribution in [1.82, 2.24) is 20.2 Å². The van der Waals surface area contributed by atoms with Gasteiger partial charge in [-0.2, -0.15) is 0 Å². The summed E-state index contributed by atoms with van der Waals surface area (Å²) in [6, 6.07) is 7.35. The van der Waals surface area contributed by atoms with Crippen molar-refractivity contribution in [3.63, 3.8) is 0 Å². The lowest BCUT2D eigenvalue weighted by Gasteiger charge is -2.17. The van der Waals surface area contributed by atoms with E-state index in [1.165, 1.54) is 0 Å². The van der Waals surface area contributed by atoms with Crippen molar-refractivity contribution in [2.75, 3.05) is 44.8 Å². The van der Waals surface area contributed by atoms with Gasteiger partial charge in [0.05, 0.1) is 0 Å². The Morgan fingerprint density at radius 2 is 1.87 bits per heavy atom. The van der Waals surface area contributed by atoms with E-state index < -0.39 is 11.9 Å². The number of carboxylic acid groups (broad SMARTS) is 1. The Bertz CT molecular complexity index is 878. The number of halogens is 1. The van der Waals surface area contributed by atoms with Crippen molar-refractivity contribution < 1.29 is 19.4 Å². The van der Waals surface area contributed by atoms with Gasteiger partial charge in [-0.15, -0.1) is 0 Å². The van der Waals surface area contributed by atoms with Gasteiger partial charge < -0.3 is 31.5 Å². The van der Waals surface area contributed by atoms with Crippen LogP contribution in [0, 0.1) is 0 Å². The molecule has 2 aromatic rings. The number of ether oxygens (including phenoxy) is 1. The summed E-state index contributed by atoms with van der Waals surface area (Å²) >= 11 is 5.79. The SMILES string of the molecule is CN(CCCc1ccc(OCC(=O)O)cc1)CCNC(=O)c1nc(Cl)c(N)nc1N. The number of aromatic nitrogens is 2. The molecule has 10 nitrogen and oxygen atoms in total. The number of likely N-dealkylation sites (N-methyl/N-ethyl adjacent to an activating group) is 1. The van der Waals surface area contributed by atoms with Gasteiger partial charge in [0.25, 0.3) is 5.91 Å². The van der Waals surface area contributed by atoms with Gasteiger partial charge in [-0.3, -0.25) is 4.79 Å². The molecular weight excluding hydrogens is 412 g/mol. The first-order valence-electron chi connectivity index (χ1n) is 9.25. The number of aryl methyl sites for hydroxylation is 1. The summed E-state index contributed by atoms with van der Waals surface area (Å²) in [4.78, 5) is 32.4. The van der Waals surface area contributed by atoms with Gasteiger partial charge in [0.1, 0.15) is 5.75 Å². The maximum atomic E-state index is 12.2. The first-order valence-corrected chi connectivity index (χ1v) is 9.63. The number of amides is 1. The highest BCUT2D eigenvalue weighted by Crippen LogP contribution is 2.17. The third-order valence-electron chi connectivity index (χ3n) is 4.19. The fourth-order valence-electron chi connectivity index (χ4n) is 2.61. The molecule has 1 aromatic heterocycles. The minimum absolute atomic E-state index is 0.0205. The zero-order valence-corrected chi connectivity index (χ0v) is 17.4. The van der Waals surface area contributed by atoms with Crippen molar-refractivity contribution in [2.24, 2.45) is 0 Å². The third-order valence-corrected chi connectivity index (χ3v) is 4.47. The molecule has 30 heavy (non-hydrogen) atoms. The van der Waals surface area contributed by atoms with Crippen molar-refractivity contribution in [1.29, 1.82) is 0 Å². The molecular formula is C19H25ClN6O4. The Hall–Kier alpha value is -3.11. The standard InChI is InChI=1S/C19H25ClN6O4/c1-26(9-2-3-12-4-6-13(7-5-12)30-11-14(27)28)10-8-23-19(29)15-17(21)25-18(22)16(20)24-15/h4-7H,2-3,8-11H2,1H3,(H,23,29)(H,27,28)(H4,21,22,25). The average molecular weight is 437 g/mol. The van der Waals surface area contributed by atoms with Crippen LogP contribution in [-0.2, 0) is 11.2 Å². The van der Waals surface area contributed by atoms with Crippen LogP contribution >= 0.6 is 11.6 Å². The summed E-state index contributed by atoms with van der Waals surface area (Å²) in [6.45, 7) is 1.53.